The van der Waals surface area contributed by atoms with Crippen molar-refractivity contribution in [3.63, 3.8) is 0 Å². The quantitative estimate of drug-likeness (QED) is 0.841. The molecule has 96 valence electrons. The number of nitrogens with zero attached hydrogens (tertiary/aromatic N) is 3. The molecule has 2 heterocycles. The number of aromatic nitrogens is 3. The molecule has 2 aromatic heterocycles. The average Bonchev–Trinajstić information content (AvgIpc) is 2.61. The highest BCUT2D eigenvalue weighted by Crippen LogP contribution is 2.18. The van der Waals surface area contributed by atoms with Gasteiger partial charge in [0.05, 0.1) is 16.4 Å². The number of pyridine rings is 1. The van der Waals surface area contributed by atoms with E-state index in [2.05, 4.69) is 15.4 Å². The standard InChI is InChI=1S/C13H17ClN4/c1-10-13(14)12(18(2)17-10)9-15-8-6-11-5-3-4-7-16-11/h3-5,7,15H,6,8-9H2,1-2H3. The third-order valence-corrected chi connectivity index (χ3v) is 3.33. The molecule has 0 amide bonds. The molecule has 1 N–H and O–H groups in total. The first-order chi connectivity index (χ1) is 8.68. The minimum absolute atomic E-state index is 0.725. The molecule has 0 bridgehead atoms. The second-order valence-electron chi connectivity index (χ2n) is 4.22. The van der Waals surface area contributed by atoms with Gasteiger partial charge in [-0.3, -0.25) is 9.67 Å². The minimum atomic E-state index is 0.725. The molecular formula is C13H17ClN4. The van der Waals surface area contributed by atoms with Gasteiger partial charge in [-0.25, -0.2) is 0 Å². The molecule has 0 saturated carbocycles. The molecule has 18 heavy (non-hydrogen) atoms. The van der Waals surface area contributed by atoms with Crippen LogP contribution in [-0.4, -0.2) is 21.3 Å². The fourth-order valence-electron chi connectivity index (χ4n) is 1.84. The Morgan fingerprint density at radius 1 is 1.39 bits per heavy atom. The third kappa shape index (κ3) is 3.09. The van der Waals surface area contributed by atoms with Crippen LogP contribution in [0.25, 0.3) is 0 Å². The van der Waals surface area contributed by atoms with Crippen molar-refractivity contribution in [3.8, 4) is 0 Å². The lowest BCUT2D eigenvalue weighted by atomic mass is 10.2. The Morgan fingerprint density at radius 3 is 2.83 bits per heavy atom. The van der Waals surface area contributed by atoms with E-state index in [0.29, 0.717) is 0 Å². The van der Waals surface area contributed by atoms with Crippen LogP contribution >= 0.6 is 11.6 Å². The number of rotatable bonds is 5. The van der Waals surface area contributed by atoms with Crippen molar-refractivity contribution in [1.82, 2.24) is 20.1 Å². The van der Waals surface area contributed by atoms with Crippen LogP contribution in [0.3, 0.4) is 0 Å². The molecular weight excluding hydrogens is 248 g/mol. The summed E-state index contributed by atoms with van der Waals surface area (Å²) in [6.07, 6.45) is 2.73. The molecule has 4 nitrogen and oxygen atoms in total. The first-order valence-electron chi connectivity index (χ1n) is 5.97. The van der Waals surface area contributed by atoms with Gasteiger partial charge in [0.1, 0.15) is 0 Å². The number of aryl methyl sites for hydroxylation is 2. The Kier molecular flexibility index (Phi) is 4.33. The third-order valence-electron chi connectivity index (χ3n) is 2.84. The highest BCUT2D eigenvalue weighted by Gasteiger charge is 2.09. The fraction of sp³-hybridized carbons (Fsp3) is 0.385. The van der Waals surface area contributed by atoms with Gasteiger partial charge in [0.15, 0.2) is 0 Å². The Hall–Kier alpha value is -1.39. The van der Waals surface area contributed by atoms with Crippen molar-refractivity contribution >= 4 is 11.6 Å². The highest BCUT2D eigenvalue weighted by molar-refractivity contribution is 6.31. The van der Waals surface area contributed by atoms with Gasteiger partial charge in [0.25, 0.3) is 0 Å². The van der Waals surface area contributed by atoms with Crippen LogP contribution in [-0.2, 0) is 20.0 Å². The largest absolute Gasteiger partial charge is 0.311 e. The summed E-state index contributed by atoms with van der Waals surface area (Å²) < 4.78 is 1.82. The fourth-order valence-corrected chi connectivity index (χ4v) is 2.07. The second-order valence-corrected chi connectivity index (χ2v) is 4.60. The van der Waals surface area contributed by atoms with Crippen LogP contribution in [0.1, 0.15) is 17.1 Å². The summed E-state index contributed by atoms with van der Waals surface area (Å²) in [5, 5.41) is 8.39. The number of nitrogens with one attached hydrogen (secondary N) is 1. The van der Waals surface area contributed by atoms with Crippen molar-refractivity contribution < 1.29 is 0 Å². The smallest absolute Gasteiger partial charge is 0.0860 e. The van der Waals surface area contributed by atoms with E-state index >= 15 is 0 Å². The van der Waals surface area contributed by atoms with Crippen LogP contribution in [0.15, 0.2) is 24.4 Å². The first-order valence-corrected chi connectivity index (χ1v) is 6.35. The Balaban J connectivity index is 1.82. The van der Waals surface area contributed by atoms with Crippen LogP contribution in [0.2, 0.25) is 5.02 Å². The van der Waals surface area contributed by atoms with E-state index in [4.69, 9.17) is 11.6 Å². The van der Waals surface area contributed by atoms with E-state index in [1.807, 2.05) is 43.0 Å². The topological polar surface area (TPSA) is 42.7 Å². The van der Waals surface area contributed by atoms with Crippen molar-refractivity contribution in [2.75, 3.05) is 6.54 Å². The maximum Gasteiger partial charge on any atom is 0.0860 e. The molecule has 2 rings (SSSR count). The van der Waals surface area contributed by atoms with Gasteiger partial charge in [-0.15, -0.1) is 0 Å². The van der Waals surface area contributed by atoms with E-state index < -0.39 is 0 Å². The zero-order valence-corrected chi connectivity index (χ0v) is 11.4. The molecule has 0 saturated heterocycles. The van der Waals surface area contributed by atoms with Crippen LogP contribution < -0.4 is 5.32 Å². The zero-order chi connectivity index (χ0) is 13.0. The first kappa shape index (κ1) is 13.1. The van der Waals surface area contributed by atoms with E-state index in [-0.39, 0.29) is 0 Å². The minimum Gasteiger partial charge on any atom is -0.311 e. The molecule has 5 heteroatoms. The molecule has 0 aliphatic carbocycles. The molecule has 0 aliphatic heterocycles. The second kappa shape index (κ2) is 5.98. The summed E-state index contributed by atoms with van der Waals surface area (Å²) in [6, 6.07) is 5.96. The predicted octanol–water partition coefficient (Wildman–Crippen LogP) is 2.11. The van der Waals surface area contributed by atoms with Crippen molar-refractivity contribution in [1.29, 1.82) is 0 Å². The van der Waals surface area contributed by atoms with Crippen molar-refractivity contribution in [2.45, 2.75) is 19.9 Å². The molecule has 0 aromatic carbocycles. The lowest BCUT2D eigenvalue weighted by Gasteiger charge is -2.05. The van der Waals surface area contributed by atoms with Gasteiger partial charge in [-0.2, -0.15) is 5.10 Å². The molecule has 0 fully saturated rings. The average molecular weight is 265 g/mol. The Morgan fingerprint density at radius 2 is 2.22 bits per heavy atom. The number of hydrogen-bond donors (Lipinski definition) is 1. The van der Waals surface area contributed by atoms with Crippen LogP contribution in [0, 0.1) is 6.92 Å². The molecule has 0 aliphatic rings. The summed E-state index contributed by atoms with van der Waals surface area (Å²) in [4.78, 5) is 4.28. The summed E-state index contributed by atoms with van der Waals surface area (Å²) in [5.41, 5.74) is 2.99. The maximum absolute atomic E-state index is 6.17. The van der Waals surface area contributed by atoms with Gasteiger partial charge in [0, 0.05) is 38.4 Å². The van der Waals surface area contributed by atoms with E-state index in [1.165, 1.54) is 0 Å². The molecule has 0 spiro atoms. The highest BCUT2D eigenvalue weighted by atomic mass is 35.5. The van der Waals surface area contributed by atoms with Crippen molar-refractivity contribution in [3.05, 3.63) is 46.5 Å². The summed E-state index contributed by atoms with van der Waals surface area (Å²) in [6.45, 7) is 3.51. The maximum atomic E-state index is 6.17. The summed E-state index contributed by atoms with van der Waals surface area (Å²) in [5.74, 6) is 0. The Labute approximate surface area is 112 Å². The normalized spacial score (nSPS) is 10.8. The monoisotopic (exact) mass is 264 g/mol. The molecule has 0 radical (unpaired) electrons. The van der Waals surface area contributed by atoms with Gasteiger partial charge >= 0.3 is 0 Å². The number of hydrogen-bond acceptors (Lipinski definition) is 3. The summed E-state index contributed by atoms with van der Waals surface area (Å²) in [7, 11) is 1.91. The van der Waals surface area contributed by atoms with E-state index in [9.17, 15) is 0 Å². The van der Waals surface area contributed by atoms with Crippen molar-refractivity contribution in [2.24, 2.45) is 7.05 Å². The molecule has 0 atom stereocenters. The zero-order valence-electron chi connectivity index (χ0n) is 10.7. The van der Waals surface area contributed by atoms with Gasteiger partial charge in [-0.05, 0) is 19.1 Å². The predicted molar refractivity (Wildman–Crippen MR) is 72.6 cm³/mol. The van der Waals surface area contributed by atoms with Gasteiger partial charge in [0.2, 0.25) is 0 Å². The van der Waals surface area contributed by atoms with E-state index in [0.717, 1.165) is 41.6 Å². The van der Waals surface area contributed by atoms with E-state index in [1.54, 1.807) is 0 Å². The SMILES string of the molecule is Cc1nn(C)c(CNCCc2ccccn2)c1Cl. The van der Waals surface area contributed by atoms with Gasteiger partial charge in [-0.1, -0.05) is 17.7 Å². The molecule has 2 aromatic rings. The number of halogens is 1. The lowest BCUT2D eigenvalue weighted by molar-refractivity contribution is 0.621. The Bertz CT molecular complexity index is 507. The van der Waals surface area contributed by atoms with Crippen LogP contribution in [0.4, 0.5) is 0 Å². The van der Waals surface area contributed by atoms with Gasteiger partial charge < -0.3 is 5.32 Å². The summed E-state index contributed by atoms with van der Waals surface area (Å²) >= 11 is 6.17. The lowest BCUT2D eigenvalue weighted by Crippen LogP contribution is -2.19. The molecule has 0 unspecified atom stereocenters. The van der Waals surface area contributed by atoms with Crippen LogP contribution in [0.5, 0.6) is 0 Å².